The third-order valence-electron chi connectivity index (χ3n) is 2.66. The number of rotatable bonds is 7. The van der Waals surface area contributed by atoms with Gasteiger partial charge in [-0.15, -0.1) is 0 Å². The molecule has 16 heavy (non-hydrogen) atoms. The predicted octanol–water partition coefficient (Wildman–Crippen LogP) is 4.37. The number of hydrogen-bond donors (Lipinski definition) is 0. The van der Waals surface area contributed by atoms with Gasteiger partial charge in [-0.1, -0.05) is 31.9 Å². The van der Waals surface area contributed by atoms with Gasteiger partial charge in [0, 0.05) is 16.4 Å². The standard InChI is InChI=1S/C14H19IO/c1-2-3-4-5-14(16)11-8-12-6-9-13(15)10-7-12/h6-7,9-10H,2-5,8,11H2,1H3. The van der Waals surface area contributed by atoms with Crippen LogP contribution in [0.2, 0.25) is 0 Å². The fourth-order valence-electron chi connectivity index (χ4n) is 1.63. The highest BCUT2D eigenvalue weighted by molar-refractivity contribution is 14.1. The Morgan fingerprint density at radius 1 is 1.12 bits per heavy atom. The van der Waals surface area contributed by atoms with E-state index in [9.17, 15) is 4.79 Å². The molecule has 0 aromatic heterocycles. The van der Waals surface area contributed by atoms with Crippen molar-refractivity contribution in [1.82, 2.24) is 0 Å². The minimum atomic E-state index is 0.409. The summed E-state index contributed by atoms with van der Waals surface area (Å²) >= 11 is 2.29. The summed E-state index contributed by atoms with van der Waals surface area (Å²) in [4.78, 5) is 11.6. The maximum Gasteiger partial charge on any atom is 0.133 e. The Morgan fingerprint density at radius 3 is 2.44 bits per heavy atom. The van der Waals surface area contributed by atoms with E-state index in [2.05, 4.69) is 53.8 Å². The van der Waals surface area contributed by atoms with Crippen LogP contribution in [-0.2, 0) is 11.2 Å². The molecule has 0 N–H and O–H groups in total. The van der Waals surface area contributed by atoms with Crippen molar-refractivity contribution in [1.29, 1.82) is 0 Å². The lowest BCUT2D eigenvalue weighted by Crippen LogP contribution is -2.00. The third kappa shape index (κ3) is 5.64. The smallest absolute Gasteiger partial charge is 0.133 e. The molecule has 1 aromatic rings. The fourth-order valence-corrected chi connectivity index (χ4v) is 1.99. The van der Waals surface area contributed by atoms with Crippen LogP contribution in [-0.4, -0.2) is 5.78 Å². The molecule has 0 atom stereocenters. The first-order valence-electron chi connectivity index (χ1n) is 5.98. The second-order valence-electron chi connectivity index (χ2n) is 4.12. The van der Waals surface area contributed by atoms with E-state index in [0.717, 1.165) is 19.3 Å². The van der Waals surface area contributed by atoms with Gasteiger partial charge >= 0.3 is 0 Å². The number of halogens is 1. The van der Waals surface area contributed by atoms with Crippen LogP contribution in [0, 0.1) is 3.57 Å². The molecule has 0 saturated heterocycles. The molecule has 1 nitrogen and oxygen atoms in total. The van der Waals surface area contributed by atoms with Crippen LogP contribution in [0.4, 0.5) is 0 Å². The van der Waals surface area contributed by atoms with Gasteiger partial charge in [0.2, 0.25) is 0 Å². The SMILES string of the molecule is CCCCCC(=O)CCc1ccc(I)cc1. The second kappa shape index (κ2) is 7.82. The Balaban J connectivity index is 2.23. The van der Waals surface area contributed by atoms with Crippen LogP contribution in [0.1, 0.15) is 44.6 Å². The van der Waals surface area contributed by atoms with E-state index in [1.165, 1.54) is 22.0 Å². The maximum absolute atomic E-state index is 11.6. The topological polar surface area (TPSA) is 17.1 Å². The first kappa shape index (κ1) is 13.7. The van der Waals surface area contributed by atoms with Gasteiger partial charge in [-0.3, -0.25) is 4.79 Å². The molecule has 0 heterocycles. The second-order valence-corrected chi connectivity index (χ2v) is 5.37. The minimum absolute atomic E-state index is 0.409. The molecule has 1 aromatic carbocycles. The normalized spacial score (nSPS) is 10.4. The summed E-state index contributed by atoms with van der Waals surface area (Å²) in [7, 11) is 0. The zero-order valence-electron chi connectivity index (χ0n) is 9.84. The van der Waals surface area contributed by atoms with Crippen molar-refractivity contribution in [2.45, 2.75) is 45.4 Å². The molecular weight excluding hydrogens is 311 g/mol. The van der Waals surface area contributed by atoms with E-state index in [-0.39, 0.29) is 0 Å². The van der Waals surface area contributed by atoms with Gasteiger partial charge in [-0.25, -0.2) is 0 Å². The number of Topliss-reactive ketones (excluding diaryl/α,β-unsaturated/α-hetero) is 1. The number of carbonyl (C=O) groups excluding carboxylic acids is 1. The lowest BCUT2D eigenvalue weighted by Gasteiger charge is -2.01. The molecule has 0 unspecified atom stereocenters. The number of unbranched alkanes of at least 4 members (excludes halogenated alkanes) is 2. The Morgan fingerprint density at radius 2 is 1.81 bits per heavy atom. The molecule has 0 aliphatic rings. The van der Waals surface area contributed by atoms with Crippen LogP contribution in [0.15, 0.2) is 24.3 Å². The number of ketones is 1. The molecule has 0 aliphatic carbocycles. The number of hydrogen-bond acceptors (Lipinski definition) is 1. The maximum atomic E-state index is 11.6. The quantitative estimate of drug-likeness (QED) is 0.536. The van der Waals surface area contributed by atoms with Crippen LogP contribution < -0.4 is 0 Å². The average molecular weight is 330 g/mol. The van der Waals surface area contributed by atoms with Gasteiger partial charge < -0.3 is 0 Å². The summed E-state index contributed by atoms with van der Waals surface area (Å²) in [5.74, 6) is 0.409. The van der Waals surface area contributed by atoms with Gasteiger partial charge in [0.15, 0.2) is 0 Å². The Kier molecular flexibility index (Phi) is 6.69. The highest BCUT2D eigenvalue weighted by Crippen LogP contribution is 2.10. The monoisotopic (exact) mass is 330 g/mol. The zero-order chi connectivity index (χ0) is 11.8. The first-order valence-corrected chi connectivity index (χ1v) is 7.06. The Hall–Kier alpha value is -0.380. The van der Waals surface area contributed by atoms with Crippen molar-refractivity contribution in [3.05, 3.63) is 33.4 Å². The van der Waals surface area contributed by atoms with Crippen molar-refractivity contribution in [2.75, 3.05) is 0 Å². The summed E-state index contributed by atoms with van der Waals surface area (Å²) in [5, 5.41) is 0. The van der Waals surface area contributed by atoms with Crippen molar-refractivity contribution >= 4 is 28.4 Å². The van der Waals surface area contributed by atoms with Gasteiger partial charge in [0.05, 0.1) is 0 Å². The van der Waals surface area contributed by atoms with E-state index in [1.807, 2.05) is 0 Å². The molecule has 0 amide bonds. The molecule has 0 fully saturated rings. The van der Waals surface area contributed by atoms with Crippen molar-refractivity contribution in [3.63, 3.8) is 0 Å². The van der Waals surface area contributed by atoms with E-state index in [0.29, 0.717) is 12.2 Å². The fraction of sp³-hybridized carbons (Fsp3) is 0.500. The molecule has 0 saturated carbocycles. The number of aryl methyl sites for hydroxylation is 1. The average Bonchev–Trinajstić information content (AvgIpc) is 2.29. The van der Waals surface area contributed by atoms with E-state index in [4.69, 9.17) is 0 Å². The van der Waals surface area contributed by atoms with Crippen LogP contribution in [0.5, 0.6) is 0 Å². The molecule has 0 bridgehead atoms. The van der Waals surface area contributed by atoms with E-state index >= 15 is 0 Å². The van der Waals surface area contributed by atoms with Crippen molar-refractivity contribution in [2.24, 2.45) is 0 Å². The number of carbonyl (C=O) groups is 1. The molecular formula is C14H19IO. The van der Waals surface area contributed by atoms with Crippen LogP contribution >= 0.6 is 22.6 Å². The number of benzene rings is 1. The first-order chi connectivity index (χ1) is 7.72. The van der Waals surface area contributed by atoms with E-state index < -0.39 is 0 Å². The molecule has 2 heteroatoms. The predicted molar refractivity (Wildman–Crippen MR) is 76.6 cm³/mol. The van der Waals surface area contributed by atoms with E-state index in [1.54, 1.807) is 0 Å². The van der Waals surface area contributed by atoms with Gasteiger partial charge in [0.25, 0.3) is 0 Å². The van der Waals surface area contributed by atoms with Gasteiger partial charge in [-0.2, -0.15) is 0 Å². The molecule has 0 aliphatic heterocycles. The summed E-state index contributed by atoms with van der Waals surface area (Å²) in [6.45, 7) is 2.16. The highest BCUT2D eigenvalue weighted by atomic mass is 127. The highest BCUT2D eigenvalue weighted by Gasteiger charge is 2.02. The lowest BCUT2D eigenvalue weighted by molar-refractivity contribution is -0.119. The largest absolute Gasteiger partial charge is 0.300 e. The third-order valence-corrected chi connectivity index (χ3v) is 3.38. The van der Waals surface area contributed by atoms with Crippen molar-refractivity contribution < 1.29 is 4.79 Å². The molecule has 0 radical (unpaired) electrons. The summed E-state index contributed by atoms with van der Waals surface area (Å²) in [6.07, 6.45) is 5.77. The van der Waals surface area contributed by atoms with Crippen molar-refractivity contribution in [3.8, 4) is 0 Å². The lowest BCUT2D eigenvalue weighted by atomic mass is 10.0. The minimum Gasteiger partial charge on any atom is -0.300 e. The summed E-state index contributed by atoms with van der Waals surface area (Å²) in [6, 6.07) is 8.41. The Labute approximate surface area is 112 Å². The zero-order valence-corrected chi connectivity index (χ0v) is 12.0. The Bertz CT molecular complexity index is 316. The van der Waals surface area contributed by atoms with Crippen LogP contribution in [0.3, 0.4) is 0 Å². The molecule has 1 rings (SSSR count). The summed E-state index contributed by atoms with van der Waals surface area (Å²) < 4.78 is 1.25. The molecule has 88 valence electrons. The van der Waals surface area contributed by atoms with Gasteiger partial charge in [0.1, 0.15) is 5.78 Å². The van der Waals surface area contributed by atoms with Gasteiger partial charge in [-0.05, 0) is 53.1 Å². The molecule has 0 spiro atoms. The summed E-state index contributed by atoms with van der Waals surface area (Å²) in [5.41, 5.74) is 1.27. The van der Waals surface area contributed by atoms with Crippen LogP contribution in [0.25, 0.3) is 0 Å².